The zero-order chi connectivity index (χ0) is 81.3. The van der Waals surface area contributed by atoms with Crippen LogP contribution in [0.5, 0.6) is 0 Å². The van der Waals surface area contributed by atoms with Crippen molar-refractivity contribution < 1.29 is 165 Å². The summed E-state index contributed by atoms with van der Waals surface area (Å²) in [6.45, 7) is 4.94. The van der Waals surface area contributed by atoms with Gasteiger partial charge in [0.05, 0.1) is 198 Å². The Morgan fingerprint density at radius 1 is 0.360 bits per heavy atom. The highest BCUT2D eigenvalue weighted by Gasteiger charge is 2.48. The van der Waals surface area contributed by atoms with Gasteiger partial charge in [0.1, 0.15) is 78.6 Å². The van der Waals surface area contributed by atoms with Gasteiger partial charge < -0.3 is 168 Å². The summed E-state index contributed by atoms with van der Waals surface area (Å²) in [6.07, 6.45) is -14.1. The highest BCUT2D eigenvalue weighted by Crippen LogP contribution is 2.25. The number of carbonyl (C=O) groups is 7. The summed E-state index contributed by atoms with van der Waals surface area (Å²) in [5.41, 5.74) is 7.28. The van der Waals surface area contributed by atoms with Gasteiger partial charge in [0.25, 0.3) is 0 Å². The molecule has 7 amide bonds. The number of azide groups is 1. The first kappa shape index (κ1) is 99.7. The molecule has 0 aromatic rings. The number of hydrogen-bond acceptors (Lipinski definition) is 35. The van der Waals surface area contributed by atoms with Crippen molar-refractivity contribution in [1.29, 1.82) is 0 Å². The van der Waals surface area contributed by atoms with E-state index in [1.54, 1.807) is 0 Å². The number of rotatable bonds is 67. The minimum atomic E-state index is -1.44. The fourth-order valence-electron chi connectivity index (χ4n) is 10.8. The number of unbranched alkanes of at least 4 members (excludes halogenated alkanes) is 2. The van der Waals surface area contributed by atoms with Crippen molar-refractivity contribution in [3.8, 4) is 0 Å². The molecule has 0 aromatic carbocycles. The summed E-state index contributed by atoms with van der Waals surface area (Å²) < 4.78 is 101. The molecule has 0 spiro atoms. The number of amides is 7. The maximum atomic E-state index is 13.6. The van der Waals surface area contributed by atoms with Gasteiger partial charge in [-0.2, -0.15) is 0 Å². The van der Waals surface area contributed by atoms with Crippen LogP contribution in [0, 0.1) is 0 Å². The van der Waals surface area contributed by atoms with Gasteiger partial charge in [-0.3, -0.25) is 33.6 Å². The molecule has 3 heterocycles. The van der Waals surface area contributed by atoms with E-state index in [9.17, 15) is 79.5 Å². The molecule has 44 heteroatoms. The lowest BCUT2D eigenvalue weighted by Gasteiger charge is -2.42. The predicted molar refractivity (Wildman–Crippen MR) is 380 cm³/mol. The van der Waals surface area contributed by atoms with Crippen molar-refractivity contribution in [3.63, 3.8) is 0 Å². The smallest absolute Gasteiger partial charge is 0.222 e. The molecule has 0 radical (unpaired) electrons. The Labute approximate surface area is 644 Å². The molecule has 3 aliphatic heterocycles. The fraction of sp³-hybridized carbons (Fsp3) is 0.896. The molecular formula is C67H122N10O34. The van der Waals surface area contributed by atoms with E-state index >= 15 is 0 Å². The van der Waals surface area contributed by atoms with Crippen molar-refractivity contribution in [2.75, 3.05) is 224 Å². The summed E-state index contributed by atoms with van der Waals surface area (Å²) in [7, 11) is 0. The normalized spacial score (nSPS) is 23.9. The monoisotopic (exact) mass is 1610 g/mol. The molecule has 0 aromatic heterocycles. The summed E-state index contributed by atoms with van der Waals surface area (Å²) >= 11 is 0. The van der Waals surface area contributed by atoms with Crippen LogP contribution in [0.2, 0.25) is 0 Å². The summed E-state index contributed by atoms with van der Waals surface area (Å²) in [4.78, 5) is 90.1. The molecule has 111 heavy (non-hydrogen) atoms. The molecule has 16 N–H and O–H groups in total. The van der Waals surface area contributed by atoms with Crippen LogP contribution in [0.15, 0.2) is 5.11 Å². The minimum absolute atomic E-state index is 0.00156. The van der Waals surface area contributed by atoms with Crippen LogP contribution in [0.1, 0.15) is 65.7 Å². The number of carbonyl (C=O) groups excluding carboxylic acids is 7. The molecule has 3 saturated heterocycles. The van der Waals surface area contributed by atoms with Crippen molar-refractivity contribution >= 4 is 41.4 Å². The first-order chi connectivity index (χ1) is 53.6. The quantitative estimate of drug-likeness (QED) is 0.0116. The van der Waals surface area contributed by atoms with Gasteiger partial charge in [0, 0.05) is 77.5 Å². The first-order valence-electron chi connectivity index (χ1n) is 37.2. The van der Waals surface area contributed by atoms with E-state index in [-0.39, 0.29) is 248 Å². The van der Waals surface area contributed by atoms with Gasteiger partial charge in [-0.25, -0.2) is 0 Å². The van der Waals surface area contributed by atoms with Gasteiger partial charge in [0.2, 0.25) is 41.4 Å². The van der Waals surface area contributed by atoms with Crippen molar-refractivity contribution in [2.24, 2.45) is 5.11 Å². The van der Waals surface area contributed by atoms with Crippen LogP contribution in [0.25, 0.3) is 10.4 Å². The molecule has 0 aliphatic carbocycles. The molecule has 3 rings (SSSR count). The number of hydrogen-bond donors (Lipinski definition) is 16. The SMILES string of the molecule is CC(=O)N[C@H]1[C@H](OCCOCCOCCOCCNC(=O)CCOCC(COCCC(=O)NCCOCCOCCOCCO[C@@H]2O[C@H](CO)[C@H](O)[C@H](O)[C@H]2NC(C)=O)(COCCC(=O)NCCOCCOCCOCCO[C@@H]2O[C@H](CO)[C@H](O)[C@H](O)[C@H]2NC(C)=O)NC(=O)CCCCCN=[N+]=[N-])O[C@H](CO)[C@H](O)[C@@H]1O. The maximum Gasteiger partial charge on any atom is 0.222 e. The average molecular weight is 1610 g/mol. The lowest BCUT2D eigenvalue weighted by Crippen LogP contribution is -2.64. The van der Waals surface area contributed by atoms with Crippen molar-refractivity contribution in [1.82, 2.24) is 37.2 Å². The Balaban J connectivity index is 1.43. The zero-order valence-corrected chi connectivity index (χ0v) is 63.7. The molecular weight excluding hydrogens is 1490 g/mol. The second-order valence-corrected chi connectivity index (χ2v) is 25.5. The molecule has 3 aliphatic rings. The van der Waals surface area contributed by atoms with E-state index in [2.05, 4.69) is 47.2 Å². The van der Waals surface area contributed by atoms with Crippen LogP contribution in [0.4, 0.5) is 0 Å². The summed E-state index contributed by atoms with van der Waals surface area (Å²) in [5.74, 6) is -2.94. The molecule has 3 fully saturated rings. The average Bonchev–Trinajstić information content (AvgIpc) is 0.826. The third-order valence-corrected chi connectivity index (χ3v) is 16.4. The maximum absolute atomic E-state index is 13.6. The largest absolute Gasteiger partial charge is 0.394 e. The molecule has 644 valence electrons. The van der Waals surface area contributed by atoms with E-state index in [4.69, 9.17) is 90.8 Å². The van der Waals surface area contributed by atoms with Crippen LogP contribution < -0.4 is 37.2 Å². The Hall–Kier alpha value is -5.48. The van der Waals surface area contributed by atoms with Gasteiger partial charge in [-0.05, 0) is 18.4 Å². The molecule has 0 bridgehead atoms. The Bertz CT molecular complexity index is 2340. The Kier molecular flexibility index (Phi) is 55.6. The van der Waals surface area contributed by atoms with Gasteiger partial charge in [-0.15, -0.1) is 0 Å². The number of nitrogens with one attached hydrogen (secondary N) is 7. The number of ether oxygens (including phenoxy) is 18. The Morgan fingerprint density at radius 3 is 0.910 bits per heavy atom. The van der Waals surface area contributed by atoms with E-state index in [0.29, 0.717) is 19.3 Å². The van der Waals surface area contributed by atoms with E-state index in [0.717, 1.165) is 0 Å². The Morgan fingerprint density at radius 2 is 0.640 bits per heavy atom. The number of nitrogens with zero attached hydrogens (tertiary/aromatic N) is 3. The van der Waals surface area contributed by atoms with Crippen LogP contribution in [-0.2, 0) is 119 Å². The van der Waals surface area contributed by atoms with Crippen LogP contribution in [0.3, 0.4) is 0 Å². The standard InChI is InChI=1S/C67H122N10O34/c1-45(81)73-55-61(91)58(88)48(39-78)109-64(55)106-36-33-100-30-27-97-24-21-94-18-12-69-51(84)8-15-103-42-67(76-54(87)7-5-4-6-11-72-77-68,43-104-16-9-52(85)70-13-19-95-22-25-98-28-31-101-34-37-107-65-56(74-46(2)82)62(92)59(89)49(40-79)110-65)44-105-17-10-53(86)71-14-20-96-23-26-99-29-32-102-35-38-108-66-57(75-47(3)83)63(93)60(90)50(41-80)111-66/h48-50,55-66,78-80,88-93H,4-44H2,1-3H3,(H,69,84)(H,70,85)(H,71,86)(H,73,81)(H,74,82)(H,75,83)(H,76,87)/t48-,49-,50-,55-,56-,57-,58+,59+,60+,61-,62-,63-,64-,65-,66-/m1/s1. The van der Waals surface area contributed by atoms with Crippen LogP contribution in [-0.4, -0.2) is 409 Å². The first-order valence-corrected chi connectivity index (χ1v) is 37.2. The number of aliphatic hydroxyl groups excluding tert-OH is 9. The summed E-state index contributed by atoms with van der Waals surface area (Å²) in [5, 5.41) is 113. The second kappa shape index (κ2) is 61.9. The topological polar surface area (TPSA) is 601 Å². The van der Waals surface area contributed by atoms with Gasteiger partial charge >= 0.3 is 0 Å². The lowest BCUT2D eigenvalue weighted by atomic mass is 9.97. The third-order valence-electron chi connectivity index (χ3n) is 16.4. The third kappa shape index (κ3) is 44.3. The second-order valence-electron chi connectivity index (χ2n) is 25.5. The van der Waals surface area contributed by atoms with E-state index < -0.39 is 141 Å². The molecule has 0 unspecified atom stereocenters. The van der Waals surface area contributed by atoms with Gasteiger partial charge in [-0.1, -0.05) is 11.5 Å². The fourth-order valence-corrected chi connectivity index (χ4v) is 10.8. The van der Waals surface area contributed by atoms with E-state index in [1.807, 2.05) is 0 Å². The molecule has 44 nitrogen and oxygen atoms in total. The zero-order valence-electron chi connectivity index (χ0n) is 63.7. The predicted octanol–water partition coefficient (Wildman–Crippen LogP) is -7.69. The minimum Gasteiger partial charge on any atom is -0.394 e. The lowest BCUT2D eigenvalue weighted by molar-refractivity contribution is -0.272. The summed E-state index contributed by atoms with van der Waals surface area (Å²) in [6, 6.07) is -3.23. The van der Waals surface area contributed by atoms with Crippen molar-refractivity contribution in [2.45, 2.75) is 163 Å². The highest BCUT2D eigenvalue weighted by atomic mass is 16.7. The molecule has 0 saturated carbocycles. The number of aliphatic hydroxyl groups is 9. The van der Waals surface area contributed by atoms with Crippen LogP contribution >= 0.6 is 0 Å². The van der Waals surface area contributed by atoms with E-state index in [1.165, 1.54) is 20.8 Å². The van der Waals surface area contributed by atoms with Gasteiger partial charge in [0.15, 0.2) is 18.9 Å². The highest BCUT2D eigenvalue weighted by molar-refractivity contribution is 5.78. The van der Waals surface area contributed by atoms with Crippen molar-refractivity contribution in [3.05, 3.63) is 10.4 Å². The molecule has 15 atom stereocenters.